The van der Waals surface area contributed by atoms with E-state index in [1.165, 1.54) is 32.1 Å². The van der Waals surface area contributed by atoms with Crippen LogP contribution in [0, 0.1) is 11.8 Å². The Kier molecular flexibility index (Phi) is 4.61. The van der Waals surface area contributed by atoms with Gasteiger partial charge in [-0.25, -0.2) is 0 Å². The molecule has 0 bridgehead atoms. The van der Waals surface area contributed by atoms with E-state index in [0.29, 0.717) is 17.9 Å². The summed E-state index contributed by atoms with van der Waals surface area (Å²) in [7, 11) is 1.75. The summed E-state index contributed by atoms with van der Waals surface area (Å²) in [6.07, 6.45) is 8.70. The summed E-state index contributed by atoms with van der Waals surface area (Å²) >= 11 is 0. The van der Waals surface area contributed by atoms with Crippen molar-refractivity contribution in [2.24, 2.45) is 11.8 Å². The van der Waals surface area contributed by atoms with Gasteiger partial charge in [-0.2, -0.15) is 0 Å². The topological polar surface area (TPSA) is 41.6 Å². The average molecular weight is 280 g/mol. The maximum Gasteiger partial charge on any atom is 0.239 e. The number of piperidine rings is 1. The molecule has 1 amide bonds. The van der Waals surface area contributed by atoms with Crippen LogP contribution in [0.4, 0.5) is 0 Å². The smallest absolute Gasteiger partial charge is 0.239 e. The highest BCUT2D eigenvalue weighted by Gasteiger charge is 2.37. The van der Waals surface area contributed by atoms with E-state index in [1.807, 2.05) is 0 Å². The van der Waals surface area contributed by atoms with Gasteiger partial charge in [0.2, 0.25) is 5.91 Å². The molecule has 2 saturated heterocycles. The lowest BCUT2D eigenvalue weighted by atomic mass is 9.77. The molecule has 1 aliphatic carbocycles. The van der Waals surface area contributed by atoms with Crippen LogP contribution in [0.2, 0.25) is 0 Å². The van der Waals surface area contributed by atoms with Crippen LogP contribution >= 0.6 is 0 Å². The number of hydrogen-bond acceptors (Lipinski definition) is 3. The quantitative estimate of drug-likeness (QED) is 0.857. The van der Waals surface area contributed by atoms with Gasteiger partial charge < -0.3 is 15.0 Å². The van der Waals surface area contributed by atoms with Gasteiger partial charge >= 0.3 is 0 Å². The fraction of sp³-hybridized carbons (Fsp3) is 0.938. The molecule has 1 N–H and O–H groups in total. The van der Waals surface area contributed by atoms with Gasteiger partial charge in [0.25, 0.3) is 0 Å². The fourth-order valence-electron chi connectivity index (χ4n) is 4.31. The third-order valence-corrected chi connectivity index (χ3v) is 5.45. The molecule has 2 heterocycles. The number of fused-ring (bicyclic) bond motifs is 1. The molecule has 2 aliphatic heterocycles. The van der Waals surface area contributed by atoms with E-state index in [1.54, 1.807) is 7.11 Å². The Bertz CT molecular complexity index is 347. The Hall–Kier alpha value is -0.610. The minimum absolute atomic E-state index is 0.0793. The molecule has 20 heavy (non-hydrogen) atoms. The molecule has 4 nitrogen and oxygen atoms in total. The van der Waals surface area contributed by atoms with Crippen molar-refractivity contribution >= 4 is 5.91 Å². The Balaban J connectivity index is 1.53. The lowest BCUT2D eigenvalue weighted by Crippen LogP contribution is -2.55. The molecule has 4 heteroatoms. The van der Waals surface area contributed by atoms with Crippen LogP contribution in [0.15, 0.2) is 0 Å². The maximum absolute atomic E-state index is 12.6. The normalized spacial score (nSPS) is 37.8. The van der Waals surface area contributed by atoms with Crippen LogP contribution < -0.4 is 5.32 Å². The monoisotopic (exact) mass is 280 g/mol. The Morgan fingerprint density at radius 2 is 2.05 bits per heavy atom. The van der Waals surface area contributed by atoms with Crippen LogP contribution in [0.25, 0.3) is 0 Å². The third kappa shape index (κ3) is 3.01. The lowest BCUT2D eigenvalue weighted by Gasteiger charge is -2.40. The number of hydrogen-bond donors (Lipinski definition) is 1. The Morgan fingerprint density at radius 3 is 2.90 bits per heavy atom. The van der Waals surface area contributed by atoms with Gasteiger partial charge in [-0.1, -0.05) is 12.8 Å². The van der Waals surface area contributed by atoms with Gasteiger partial charge in [-0.15, -0.1) is 0 Å². The van der Waals surface area contributed by atoms with Crippen LogP contribution in [0.3, 0.4) is 0 Å². The molecule has 4 unspecified atom stereocenters. The van der Waals surface area contributed by atoms with E-state index < -0.39 is 0 Å². The first-order valence-corrected chi connectivity index (χ1v) is 8.31. The second-order valence-corrected chi connectivity index (χ2v) is 6.84. The molecular weight excluding hydrogens is 252 g/mol. The molecule has 0 spiro atoms. The number of likely N-dealkylation sites (tertiary alicyclic amines) is 1. The van der Waals surface area contributed by atoms with E-state index in [0.717, 1.165) is 38.5 Å². The van der Waals surface area contributed by atoms with E-state index in [9.17, 15) is 4.79 Å². The fourth-order valence-corrected chi connectivity index (χ4v) is 4.31. The first-order chi connectivity index (χ1) is 9.78. The zero-order valence-electron chi connectivity index (χ0n) is 12.6. The van der Waals surface area contributed by atoms with Gasteiger partial charge in [-0.3, -0.25) is 4.79 Å². The third-order valence-electron chi connectivity index (χ3n) is 5.45. The number of nitrogens with zero attached hydrogens (tertiary/aromatic N) is 1. The van der Waals surface area contributed by atoms with E-state index in [2.05, 4.69) is 10.2 Å². The molecule has 114 valence electrons. The van der Waals surface area contributed by atoms with Crippen molar-refractivity contribution in [2.75, 3.05) is 26.8 Å². The zero-order chi connectivity index (χ0) is 13.9. The maximum atomic E-state index is 12.6. The standard InChI is InChI=1S/C16H28N2O2/c1-20-11-12-8-9-18(10-12)16(19)15-7-6-13-4-2-3-5-14(13)17-15/h12-15,17H,2-11H2,1H3. The summed E-state index contributed by atoms with van der Waals surface area (Å²) in [6.45, 7) is 2.59. The van der Waals surface area contributed by atoms with E-state index in [4.69, 9.17) is 4.74 Å². The predicted octanol–water partition coefficient (Wildman–Crippen LogP) is 1.79. The second-order valence-electron chi connectivity index (χ2n) is 6.84. The number of amides is 1. The Labute approximate surface area is 122 Å². The molecule has 3 fully saturated rings. The second kappa shape index (κ2) is 6.44. The molecule has 3 rings (SSSR count). The molecule has 0 aromatic heterocycles. The first kappa shape index (κ1) is 14.3. The molecule has 0 radical (unpaired) electrons. The predicted molar refractivity (Wildman–Crippen MR) is 78.5 cm³/mol. The number of ether oxygens (including phenoxy) is 1. The minimum atomic E-state index is 0.0793. The van der Waals surface area contributed by atoms with Crippen LogP contribution in [-0.4, -0.2) is 49.7 Å². The Morgan fingerprint density at radius 1 is 1.20 bits per heavy atom. The number of carbonyl (C=O) groups is 1. The molecule has 4 atom stereocenters. The summed E-state index contributed by atoms with van der Waals surface area (Å²) in [5.74, 6) is 1.70. The highest BCUT2D eigenvalue weighted by atomic mass is 16.5. The van der Waals surface area contributed by atoms with E-state index in [-0.39, 0.29) is 6.04 Å². The van der Waals surface area contributed by atoms with Crippen molar-refractivity contribution in [3.8, 4) is 0 Å². The number of carbonyl (C=O) groups excluding carboxylic acids is 1. The molecular formula is C16H28N2O2. The van der Waals surface area contributed by atoms with Gasteiger partial charge in [0.15, 0.2) is 0 Å². The van der Waals surface area contributed by atoms with Crippen LogP contribution in [-0.2, 0) is 9.53 Å². The van der Waals surface area contributed by atoms with Gasteiger partial charge in [0, 0.05) is 32.2 Å². The van der Waals surface area contributed by atoms with Gasteiger partial charge in [0.05, 0.1) is 12.6 Å². The molecule has 3 aliphatic rings. The molecule has 1 saturated carbocycles. The number of nitrogens with one attached hydrogen (secondary N) is 1. The number of rotatable bonds is 3. The molecule has 0 aromatic carbocycles. The SMILES string of the molecule is COCC1CCN(C(=O)C2CCC3CCCCC3N2)C1. The summed E-state index contributed by atoms with van der Waals surface area (Å²) in [5, 5.41) is 3.66. The van der Waals surface area contributed by atoms with E-state index >= 15 is 0 Å². The minimum Gasteiger partial charge on any atom is -0.384 e. The van der Waals surface area contributed by atoms with Gasteiger partial charge in [0.1, 0.15) is 0 Å². The van der Waals surface area contributed by atoms with Crippen LogP contribution in [0.1, 0.15) is 44.9 Å². The van der Waals surface area contributed by atoms with Crippen molar-refractivity contribution < 1.29 is 9.53 Å². The summed E-state index contributed by atoms with van der Waals surface area (Å²) in [4.78, 5) is 14.7. The summed E-state index contributed by atoms with van der Waals surface area (Å²) in [6, 6.07) is 0.680. The van der Waals surface area contributed by atoms with Crippen molar-refractivity contribution in [1.82, 2.24) is 10.2 Å². The zero-order valence-corrected chi connectivity index (χ0v) is 12.6. The van der Waals surface area contributed by atoms with Crippen molar-refractivity contribution in [1.29, 1.82) is 0 Å². The van der Waals surface area contributed by atoms with Crippen molar-refractivity contribution in [3.05, 3.63) is 0 Å². The van der Waals surface area contributed by atoms with Crippen LogP contribution in [0.5, 0.6) is 0 Å². The highest BCUT2D eigenvalue weighted by molar-refractivity contribution is 5.82. The number of methoxy groups -OCH3 is 1. The first-order valence-electron chi connectivity index (χ1n) is 8.31. The lowest BCUT2D eigenvalue weighted by molar-refractivity contribution is -0.134. The highest BCUT2D eigenvalue weighted by Crippen LogP contribution is 2.33. The van der Waals surface area contributed by atoms with Gasteiger partial charge in [-0.05, 0) is 38.0 Å². The summed E-state index contributed by atoms with van der Waals surface area (Å²) in [5.41, 5.74) is 0. The van der Waals surface area contributed by atoms with Crippen molar-refractivity contribution in [3.63, 3.8) is 0 Å². The molecule has 0 aromatic rings. The van der Waals surface area contributed by atoms with Crippen molar-refractivity contribution in [2.45, 2.75) is 57.0 Å². The largest absolute Gasteiger partial charge is 0.384 e. The average Bonchev–Trinajstić information content (AvgIpc) is 2.95. The summed E-state index contributed by atoms with van der Waals surface area (Å²) < 4.78 is 5.22.